The lowest BCUT2D eigenvalue weighted by atomic mass is 10.0. The fourth-order valence-electron chi connectivity index (χ4n) is 1.58. The van der Waals surface area contributed by atoms with Gasteiger partial charge < -0.3 is 4.98 Å². The van der Waals surface area contributed by atoms with Crippen molar-refractivity contribution in [2.45, 2.75) is 30.5 Å². The van der Waals surface area contributed by atoms with Crippen LogP contribution in [-0.4, -0.2) is 15.2 Å². The van der Waals surface area contributed by atoms with E-state index in [-0.39, 0.29) is 0 Å². The molecule has 0 aliphatic carbocycles. The number of fused-ring (bicyclic) bond motifs is 1. The summed E-state index contributed by atoms with van der Waals surface area (Å²) in [7, 11) is 0. The highest BCUT2D eigenvalue weighted by atomic mass is 32.2. The van der Waals surface area contributed by atoms with Crippen molar-refractivity contribution in [1.29, 1.82) is 5.26 Å². The van der Waals surface area contributed by atoms with Crippen LogP contribution in [0.2, 0.25) is 0 Å². The Labute approximate surface area is 93.6 Å². The van der Waals surface area contributed by atoms with Crippen LogP contribution in [0.3, 0.4) is 0 Å². The molecule has 2 atom stereocenters. The number of nitriles is 1. The summed E-state index contributed by atoms with van der Waals surface area (Å²) in [5.74, 6) is 0.572. The molecule has 1 aromatic rings. The molecular formula is C11H13N3S. The van der Waals surface area contributed by atoms with Gasteiger partial charge in [0.2, 0.25) is 0 Å². The topological polar surface area (TPSA) is 52.5 Å². The number of allylic oxidation sites excluding steroid dienone is 1. The minimum Gasteiger partial charge on any atom is -0.343 e. The molecule has 2 unspecified atom stereocenters. The Kier molecular flexibility index (Phi) is 2.83. The van der Waals surface area contributed by atoms with Gasteiger partial charge in [0.05, 0.1) is 17.6 Å². The monoisotopic (exact) mass is 219 g/mol. The SMILES string of the molecule is CCC(C)C1C=C(C#N)c2[nH]cnc2S1. The first kappa shape index (κ1) is 10.3. The molecule has 0 amide bonds. The Morgan fingerprint density at radius 1 is 1.73 bits per heavy atom. The van der Waals surface area contributed by atoms with Gasteiger partial charge in [-0.05, 0) is 5.92 Å². The Morgan fingerprint density at radius 3 is 3.20 bits per heavy atom. The van der Waals surface area contributed by atoms with E-state index in [1.807, 2.05) is 0 Å². The van der Waals surface area contributed by atoms with Crippen molar-refractivity contribution >= 4 is 17.3 Å². The zero-order valence-corrected chi connectivity index (χ0v) is 9.64. The summed E-state index contributed by atoms with van der Waals surface area (Å²) in [6, 6.07) is 2.23. The third-order valence-electron chi connectivity index (χ3n) is 2.78. The summed E-state index contributed by atoms with van der Waals surface area (Å²) in [5, 5.41) is 10.4. The molecule has 1 aliphatic heterocycles. The number of imidazole rings is 1. The molecule has 0 aromatic carbocycles. The fraction of sp³-hybridized carbons (Fsp3) is 0.455. The molecule has 0 bridgehead atoms. The molecule has 0 saturated heterocycles. The molecule has 78 valence electrons. The molecule has 0 spiro atoms. The number of nitrogens with one attached hydrogen (secondary N) is 1. The predicted octanol–water partition coefficient (Wildman–Crippen LogP) is 2.84. The van der Waals surface area contributed by atoms with Crippen molar-refractivity contribution < 1.29 is 0 Å². The zero-order valence-electron chi connectivity index (χ0n) is 8.82. The summed E-state index contributed by atoms with van der Waals surface area (Å²) < 4.78 is 0. The normalized spacial score (nSPS) is 21.4. The average Bonchev–Trinajstić information content (AvgIpc) is 2.74. The quantitative estimate of drug-likeness (QED) is 0.832. The zero-order chi connectivity index (χ0) is 10.8. The number of hydrogen-bond donors (Lipinski definition) is 1. The van der Waals surface area contributed by atoms with Gasteiger partial charge in [-0.3, -0.25) is 0 Å². The summed E-state index contributed by atoms with van der Waals surface area (Å²) in [6.07, 6.45) is 4.83. The average molecular weight is 219 g/mol. The Hall–Kier alpha value is -1.21. The van der Waals surface area contributed by atoms with Gasteiger partial charge in [0, 0.05) is 5.25 Å². The first-order valence-electron chi connectivity index (χ1n) is 5.08. The van der Waals surface area contributed by atoms with Gasteiger partial charge in [-0.2, -0.15) is 5.26 Å². The van der Waals surface area contributed by atoms with E-state index >= 15 is 0 Å². The predicted molar refractivity (Wildman–Crippen MR) is 61.3 cm³/mol. The lowest BCUT2D eigenvalue weighted by molar-refractivity contribution is 0.583. The molecule has 1 aromatic heterocycles. The minimum absolute atomic E-state index is 0.375. The van der Waals surface area contributed by atoms with Crippen LogP contribution in [0.15, 0.2) is 17.4 Å². The van der Waals surface area contributed by atoms with Crippen LogP contribution in [-0.2, 0) is 0 Å². The largest absolute Gasteiger partial charge is 0.343 e. The molecule has 3 nitrogen and oxygen atoms in total. The van der Waals surface area contributed by atoms with E-state index in [2.05, 4.69) is 36.0 Å². The third-order valence-corrected chi connectivity index (χ3v) is 4.18. The second-order valence-electron chi connectivity index (χ2n) is 3.74. The smallest absolute Gasteiger partial charge is 0.123 e. The minimum atomic E-state index is 0.375. The van der Waals surface area contributed by atoms with Crippen molar-refractivity contribution in [3.8, 4) is 6.07 Å². The van der Waals surface area contributed by atoms with Crippen molar-refractivity contribution in [2.24, 2.45) is 5.92 Å². The van der Waals surface area contributed by atoms with Gasteiger partial charge in [0.25, 0.3) is 0 Å². The molecule has 2 heterocycles. The molecule has 2 rings (SSSR count). The first-order chi connectivity index (χ1) is 7.26. The molecule has 0 radical (unpaired) electrons. The van der Waals surface area contributed by atoms with E-state index in [1.165, 1.54) is 0 Å². The van der Waals surface area contributed by atoms with E-state index in [0.29, 0.717) is 11.2 Å². The molecular weight excluding hydrogens is 206 g/mol. The van der Waals surface area contributed by atoms with Crippen LogP contribution in [0, 0.1) is 17.2 Å². The van der Waals surface area contributed by atoms with Crippen molar-refractivity contribution in [3.63, 3.8) is 0 Å². The Bertz CT molecular complexity index is 427. The number of nitrogens with zero attached hydrogens (tertiary/aromatic N) is 2. The summed E-state index contributed by atoms with van der Waals surface area (Å²) >= 11 is 1.75. The van der Waals surface area contributed by atoms with Gasteiger partial charge in [-0.25, -0.2) is 4.98 Å². The van der Waals surface area contributed by atoms with E-state index < -0.39 is 0 Å². The number of thioether (sulfide) groups is 1. The number of hydrogen-bond acceptors (Lipinski definition) is 3. The van der Waals surface area contributed by atoms with Gasteiger partial charge in [0.15, 0.2) is 0 Å². The van der Waals surface area contributed by atoms with E-state index in [9.17, 15) is 0 Å². The molecule has 4 heteroatoms. The van der Waals surface area contributed by atoms with Crippen LogP contribution < -0.4 is 0 Å². The maximum absolute atomic E-state index is 9.05. The Balaban J connectivity index is 2.35. The van der Waals surface area contributed by atoms with Crippen LogP contribution in [0.5, 0.6) is 0 Å². The maximum Gasteiger partial charge on any atom is 0.123 e. The number of H-pyrrole nitrogens is 1. The second kappa shape index (κ2) is 4.11. The summed E-state index contributed by atoms with van der Waals surface area (Å²) in [5.41, 5.74) is 1.61. The highest BCUT2D eigenvalue weighted by Gasteiger charge is 2.25. The van der Waals surface area contributed by atoms with Crippen molar-refractivity contribution in [1.82, 2.24) is 9.97 Å². The van der Waals surface area contributed by atoms with Gasteiger partial charge in [-0.15, -0.1) is 0 Å². The van der Waals surface area contributed by atoms with Gasteiger partial charge in [0.1, 0.15) is 11.1 Å². The standard InChI is InChI=1S/C11H13N3S/c1-3-7(2)9-4-8(5-12)10-11(15-9)14-6-13-10/h4,6-7,9H,3H2,1-2H3,(H,13,14). The highest BCUT2D eigenvalue weighted by molar-refractivity contribution is 8.00. The molecule has 15 heavy (non-hydrogen) atoms. The molecule has 1 N–H and O–H groups in total. The van der Waals surface area contributed by atoms with Crippen molar-refractivity contribution in [3.05, 3.63) is 18.1 Å². The van der Waals surface area contributed by atoms with E-state index in [1.54, 1.807) is 18.1 Å². The summed E-state index contributed by atoms with van der Waals surface area (Å²) in [6.45, 7) is 4.38. The summed E-state index contributed by atoms with van der Waals surface area (Å²) in [4.78, 5) is 7.25. The maximum atomic E-state index is 9.05. The van der Waals surface area contributed by atoms with Crippen LogP contribution in [0.4, 0.5) is 0 Å². The molecule has 1 aliphatic rings. The Morgan fingerprint density at radius 2 is 2.53 bits per heavy atom. The number of rotatable bonds is 2. The van der Waals surface area contributed by atoms with Crippen LogP contribution in [0.25, 0.3) is 5.57 Å². The lowest BCUT2D eigenvalue weighted by Gasteiger charge is -2.22. The second-order valence-corrected chi connectivity index (χ2v) is 4.91. The van der Waals surface area contributed by atoms with E-state index in [0.717, 1.165) is 22.7 Å². The van der Waals surface area contributed by atoms with E-state index in [4.69, 9.17) is 5.26 Å². The van der Waals surface area contributed by atoms with Crippen LogP contribution in [0.1, 0.15) is 26.0 Å². The highest BCUT2D eigenvalue weighted by Crippen LogP contribution is 2.38. The number of aromatic amines is 1. The first-order valence-corrected chi connectivity index (χ1v) is 5.96. The third kappa shape index (κ3) is 1.80. The molecule has 0 saturated carbocycles. The molecule has 0 fully saturated rings. The fourth-order valence-corrected chi connectivity index (χ4v) is 2.87. The van der Waals surface area contributed by atoms with Crippen LogP contribution >= 0.6 is 11.8 Å². The van der Waals surface area contributed by atoms with Gasteiger partial charge in [-0.1, -0.05) is 38.1 Å². The van der Waals surface area contributed by atoms with Gasteiger partial charge >= 0.3 is 0 Å². The lowest BCUT2D eigenvalue weighted by Crippen LogP contribution is -2.14. The number of aromatic nitrogens is 2. The van der Waals surface area contributed by atoms with Crippen molar-refractivity contribution in [2.75, 3.05) is 0 Å².